The molecule has 0 aromatic heterocycles. The van der Waals surface area contributed by atoms with Gasteiger partial charge in [-0.25, -0.2) is 9.18 Å². The second-order valence-corrected chi connectivity index (χ2v) is 2.91. The van der Waals surface area contributed by atoms with E-state index in [4.69, 9.17) is 9.47 Å². The number of alkyl halides is 1. The van der Waals surface area contributed by atoms with Gasteiger partial charge in [0.1, 0.15) is 19.0 Å². The van der Waals surface area contributed by atoms with Gasteiger partial charge in [0.2, 0.25) is 0 Å². The van der Waals surface area contributed by atoms with E-state index in [-0.39, 0.29) is 6.61 Å². The highest BCUT2D eigenvalue weighted by Crippen LogP contribution is 2.15. The van der Waals surface area contributed by atoms with Crippen LogP contribution in [0.15, 0.2) is 24.3 Å². The molecule has 0 fully saturated rings. The number of carbonyl (C=O) groups excluding carboxylic acids is 1. The molecule has 0 aliphatic heterocycles. The van der Waals surface area contributed by atoms with Crippen molar-refractivity contribution in [1.29, 1.82) is 0 Å². The summed E-state index contributed by atoms with van der Waals surface area (Å²) >= 11 is 0. The predicted octanol–water partition coefficient (Wildman–Crippen LogP) is 2.60. The Morgan fingerprint density at radius 3 is 2.62 bits per heavy atom. The molecule has 4 nitrogen and oxygen atoms in total. The first-order valence-corrected chi connectivity index (χ1v) is 4.99. The number of nitrogens with one attached hydrogen (secondary N) is 1. The number of amides is 1. The van der Waals surface area contributed by atoms with Crippen LogP contribution in [0.3, 0.4) is 0 Å². The van der Waals surface area contributed by atoms with Crippen LogP contribution in [0.2, 0.25) is 0 Å². The summed E-state index contributed by atoms with van der Waals surface area (Å²) in [6, 6.07) is 6.61. The molecule has 88 valence electrons. The van der Waals surface area contributed by atoms with Crippen LogP contribution in [0.4, 0.5) is 14.9 Å². The van der Waals surface area contributed by atoms with Crippen molar-refractivity contribution in [3.63, 3.8) is 0 Å². The molecular formula is C11H14FNO3. The normalized spacial score (nSPS) is 9.62. The maximum Gasteiger partial charge on any atom is 0.411 e. The first kappa shape index (κ1) is 12.3. The quantitative estimate of drug-likeness (QED) is 0.841. The molecule has 1 amide bonds. The third-order valence-corrected chi connectivity index (χ3v) is 1.72. The predicted molar refractivity (Wildman–Crippen MR) is 58.6 cm³/mol. The van der Waals surface area contributed by atoms with E-state index >= 15 is 0 Å². The second kappa shape index (κ2) is 6.66. The molecule has 1 N–H and O–H groups in total. The number of anilines is 1. The van der Waals surface area contributed by atoms with Gasteiger partial charge in [0, 0.05) is 5.69 Å². The molecule has 0 spiro atoms. The maximum absolute atomic E-state index is 11.8. The lowest BCUT2D eigenvalue weighted by Crippen LogP contribution is -2.13. The van der Waals surface area contributed by atoms with Gasteiger partial charge in [0.15, 0.2) is 0 Å². The van der Waals surface area contributed by atoms with Crippen molar-refractivity contribution >= 4 is 11.8 Å². The average Bonchev–Trinajstić information content (AvgIpc) is 2.28. The van der Waals surface area contributed by atoms with Crippen LogP contribution in [0, 0.1) is 0 Å². The van der Waals surface area contributed by atoms with Crippen LogP contribution in [-0.4, -0.2) is 26.0 Å². The van der Waals surface area contributed by atoms with Gasteiger partial charge < -0.3 is 9.47 Å². The molecule has 1 aromatic carbocycles. The number of ether oxygens (including phenoxy) is 2. The summed E-state index contributed by atoms with van der Waals surface area (Å²) in [6.07, 6.45) is -0.500. The highest BCUT2D eigenvalue weighted by Gasteiger charge is 2.01. The minimum atomic E-state index is -0.525. The van der Waals surface area contributed by atoms with Gasteiger partial charge in [0.25, 0.3) is 0 Å². The fourth-order valence-electron chi connectivity index (χ4n) is 1.08. The smallest absolute Gasteiger partial charge is 0.411 e. The molecule has 1 rings (SSSR count). The Bertz CT molecular complexity index is 327. The number of rotatable bonds is 5. The summed E-state index contributed by atoms with van der Waals surface area (Å²) in [5.41, 5.74) is 0.603. The van der Waals surface area contributed by atoms with Crippen molar-refractivity contribution in [3.05, 3.63) is 24.3 Å². The monoisotopic (exact) mass is 227 g/mol. The van der Waals surface area contributed by atoms with Crippen molar-refractivity contribution in [3.8, 4) is 5.75 Å². The van der Waals surface area contributed by atoms with Crippen LogP contribution >= 0.6 is 0 Å². The number of halogens is 1. The average molecular weight is 227 g/mol. The summed E-state index contributed by atoms with van der Waals surface area (Å²) in [5, 5.41) is 2.54. The van der Waals surface area contributed by atoms with E-state index in [2.05, 4.69) is 5.32 Å². The first-order chi connectivity index (χ1) is 7.76. The lowest BCUT2D eigenvalue weighted by atomic mass is 10.3. The summed E-state index contributed by atoms with van der Waals surface area (Å²) in [6.45, 7) is 1.56. The zero-order valence-electron chi connectivity index (χ0n) is 9.03. The Hall–Kier alpha value is -1.78. The maximum atomic E-state index is 11.8. The molecule has 0 atom stereocenters. The molecule has 0 aliphatic carbocycles. The largest absolute Gasteiger partial charge is 0.491 e. The van der Waals surface area contributed by atoms with Crippen LogP contribution in [-0.2, 0) is 4.74 Å². The zero-order valence-corrected chi connectivity index (χ0v) is 9.03. The lowest BCUT2D eigenvalue weighted by Gasteiger charge is -2.06. The highest BCUT2D eigenvalue weighted by molar-refractivity contribution is 5.84. The van der Waals surface area contributed by atoms with Crippen molar-refractivity contribution in [2.75, 3.05) is 25.2 Å². The van der Waals surface area contributed by atoms with Crippen LogP contribution < -0.4 is 10.1 Å². The molecule has 0 saturated carbocycles. The van der Waals surface area contributed by atoms with Gasteiger partial charge in [-0.15, -0.1) is 0 Å². The van der Waals surface area contributed by atoms with Crippen molar-refractivity contribution in [1.82, 2.24) is 0 Å². The van der Waals surface area contributed by atoms with Crippen molar-refractivity contribution < 1.29 is 18.7 Å². The fourth-order valence-corrected chi connectivity index (χ4v) is 1.08. The van der Waals surface area contributed by atoms with Crippen LogP contribution in [0.1, 0.15) is 6.92 Å². The molecule has 0 aliphatic rings. The molecular weight excluding hydrogens is 213 g/mol. The molecule has 0 bridgehead atoms. The number of hydrogen-bond donors (Lipinski definition) is 1. The topological polar surface area (TPSA) is 47.6 Å². The van der Waals surface area contributed by atoms with Crippen molar-refractivity contribution in [2.45, 2.75) is 6.92 Å². The SMILES string of the molecule is CCOC(=O)Nc1ccc(OCCF)cc1. The molecule has 0 saturated heterocycles. The second-order valence-electron chi connectivity index (χ2n) is 2.91. The van der Waals surface area contributed by atoms with Crippen molar-refractivity contribution in [2.24, 2.45) is 0 Å². The van der Waals surface area contributed by atoms with E-state index in [1.165, 1.54) is 0 Å². The van der Waals surface area contributed by atoms with E-state index in [9.17, 15) is 9.18 Å². The first-order valence-electron chi connectivity index (χ1n) is 4.99. The Labute approximate surface area is 93.4 Å². The lowest BCUT2D eigenvalue weighted by molar-refractivity contribution is 0.168. The number of benzene rings is 1. The Kier molecular flexibility index (Phi) is 5.11. The molecule has 0 unspecified atom stereocenters. The van der Waals surface area contributed by atoms with E-state index in [1.54, 1.807) is 31.2 Å². The fraction of sp³-hybridized carbons (Fsp3) is 0.364. The van der Waals surface area contributed by atoms with Gasteiger partial charge >= 0.3 is 6.09 Å². The minimum absolute atomic E-state index is 0.0324. The minimum Gasteiger partial charge on any atom is -0.491 e. The summed E-state index contributed by atoms with van der Waals surface area (Å²) in [4.78, 5) is 11.1. The Balaban J connectivity index is 2.47. The summed E-state index contributed by atoms with van der Waals surface area (Å²) < 4.78 is 21.6. The van der Waals surface area contributed by atoms with Gasteiger partial charge in [-0.3, -0.25) is 5.32 Å². The number of hydrogen-bond acceptors (Lipinski definition) is 3. The zero-order chi connectivity index (χ0) is 11.8. The van der Waals surface area contributed by atoms with Gasteiger partial charge in [-0.05, 0) is 31.2 Å². The van der Waals surface area contributed by atoms with Gasteiger partial charge in [0.05, 0.1) is 6.61 Å². The molecule has 1 aromatic rings. The Morgan fingerprint density at radius 1 is 1.38 bits per heavy atom. The highest BCUT2D eigenvalue weighted by atomic mass is 19.1. The Morgan fingerprint density at radius 2 is 2.06 bits per heavy atom. The number of carbonyl (C=O) groups is 1. The third kappa shape index (κ3) is 4.16. The van der Waals surface area contributed by atoms with E-state index < -0.39 is 12.8 Å². The van der Waals surface area contributed by atoms with E-state index in [0.29, 0.717) is 18.0 Å². The standard InChI is InChI=1S/C11H14FNO3/c1-2-15-11(14)13-9-3-5-10(6-4-9)16-8-7-12/h3-6H,2,7-8H2,1H3,(H,13,14). The van der Waals surface area contributed by atoms with E-state index in [0.717, 1.165) is 0 Å². The summed E-state index contributed by atoms with van der Waals surface area (Å²) in [5.74, 6) is 0.562. The van der Waals surface area contributed by atoms with Gasteiger partial charge in [-0.2, -0.15) is 0 Å². The molecule has 0 heterocycles. The molecule has 0 radical (unpaired) electrons. The van der Waals surface area contributed by atoms with Crippen LogP contribution in [0.25, 0.3) is 0 Å². The molecule has 5 heteroatoms. The molecule has 16 heavy (non-hydrogen) atoms. The van der Waals surface area contributed by atoms with E-state index in [1.807, 2.05) is 0 Å². The summed E-state index contributed by atoms with van der Waals surface area (Å²) in [7, 11) is 0. The van der Waals surface area contributed by atoms with Gasteiger partial charge in [-0.1, -0.05) is 0 Å². The third-order valence-electron chi connectivity index (χ3n) is 1.72. The van der Waals surface area contributed by atoms with Crippen LogP contribution in [0.5, 0.6) is 5.75 Å².